The zero-order valence-electron chi connectivity index (χ0n) is 13.6. The molecule has 0 radical (unpaired) electrons. The number of hydrogen-bond acceptors (Lipinski definition) is 4. The number of hydrogen-bond donors (Lipinski definition) is 1. The normalized spacial score (nSPS) is 17.6. The van der Waals surface area contributed by atoms with Crippen LogP contribution in [0.25, 0.3) is 0 Å². The first-order chi connectivity index (χ1) is 12.1. The molecule has 2 aromatic rings. The van der Waals surface area contributed by atoms with E-state index >= 15 is 0 Å². The number of piperazine rings is 1. The highest BCUT2D eigenvalue weighted by atomic mass is 19.3. The van der Waals surface area contributed by atoms with Crippen molar-refractivity contribution in [2.75, 3.05) is 19.6 Å². The maximum atomic E-state index is 12.7. The number of nitrogens with one attached hydrogen (secondary N) is 1. The summed E-state index contributed by atoms with van der Waals surface area (Å²) in [6.07, 6.45) is 3.69. The third kappa shape index (κ3) is 4.51. The number of carbonyl (C=O) groups is 1. The van der Waals surface area contributed by atoms with Gasteiger partial charge in [0.15, 0.2) is 0 Å². The number of halogens is 2. The van der Waals surface area contributed by atoms with Gasteiger partial charge in [-0.1, -0.05) is 18.2 Å². The van der Waals surface area contributed by atoms with Crippen LogP contribution in [0.4, 0.5) is 8.78 Å². The van der Waals surface area contributed by atoms with Gasteiger partial charge in [0, 0.05) is 32.0 Å². The minimum atomic E-state index is -2.85. The summed E-state index contributed by atoms with van der Waals surface area (Å²) < 4.78 is 28.7. The molecule has 0 bridgehead atoms. The number of amides is 1. The molecule has 0 saturated carbocycles. The standard InChI is InChI=1S/C18H19F2N3O2/c19-18(20)25-15-5-3-13(4-6-15)10-17(24)23-9-8-22-12-16(23)14-2-1-7-21-11-14/h1-7,11,16,18,22H,8-10,12H2. The second-order valence-corrected chi connectivity index (χ2v) is 5.79. The molecule has 1 unspecified atom stereocenters. The Morgan fingerprint density at radius 1 is 1.32 bits per heavy atom. The molecule has 0 aliphatic carbocycles. The van der Waals surface area contributed by atoms with Crippen LogP contribution in [0.5, 0.6) is 5.75 Å². The number of aromatic nitrogens is 1. The van der Waals surface area contributed by atoms with Crippen LogP contribution in [-0.4, -0.2) is 42.0 Å². The van der Waals surface area contributed by atoms with Crippen molar-refractivity contribution >= 4 is 5.91 Å². The monoisotopic (exact) mass is 347 g/mol. The van der Waals surface area contributed by atoms with Gasteiger partial charge in [0.25, 0.3) is 0 Å². The van der Waals surface area contributed by atoms with E-state index in [1.165, 1.54) is 12.1 Å². The number of ether oxygens (including phenoxy) is 1. The SMILES string of the molecule is O=C(Cc1ccc(OC(F)F)cc1)N1CCNCC1c1cccnc1. The number of nitrogens with zero attached hydrogens (tertiary/aromatic N) is 2. The third-order valence-electron chi connectivity index (χ3n) is 4.14. The maximum Gasteiger partial charge on any atom is 0.387 e. The predicted octanol–water partition coefficient (Wildman–Crippen LogP) is 2.40. The van der Waals surface area contributed by atoms with Crippen molar-refractivity contribution in [3.63, 3.8) is 0 Å². The number of carbonyl (C=O) groups excluding carboxylic acids is 1. The van der Waals surface area contributed by atoms with E-state index in [-0.39, 0.29) is 24.1 Å². The number of rotatable bonds is 5. The molecule has 0 spiro atoms. The smallest absolute Gasteiger partial charge is 0.387 e. The minimum Gasteiger partial charge on any atom is -0.435 e. The van der Waals surface area contributed by atoms with Crippen LogP contribution >= 0.6 is 0 Å². The van der Waals surface area contributed by atoms with Gasteiger partial charge < -0.3 is 15.0 Å². The topological polar surface area (TPSA) is 54.5 Å². The molecule has 7 heteroatoms. The zero-order valence-corrected chi connectivity index (χ0v) is 13.6. The number of pyridine rings is 1. The molecule has 1 fully saturated rings. The van der Waals surface area contributed by atoms with E-state index in [0.717, 1.165) is 17.7 Å². The quantitative estimate of drug-likeness (QED) is 0.902. The van der Waals surface area contributed by atoms with E-state index < -0.39 is 6.61 Å². The lowest BCUT2D eigenvalue weighted by molar-refractivity contribution is -0.133. The summed E-state index contributed by atoms with van der Waals surface area (Å²) in [7, 11) is 0. The fourth-order valence-corrected chi connectivity index (χ4v) is 2.94. The Labute approximate surface area is 144 Å². The lowest BCUT2D eigenvalue weighted by atomic mass is 10.0. The van der Waals surface area contributed by atoms with E-state index in [1.54, 1.807) is 24.5 Å². The predicted molar refractivity (Wildman–Crippen MR) is 88.3 cm³/mol. The van der Waals surface area contributed by atoms with E-state index in [1.807, 2.05) is 17.0 Å². The second-order valence-electron chi connectivity index (χ2n) is 5.79. The van der Waals surface area contributed by atoms with Crippen molar-refractivity contribution in [2.45, 2.75) is 19.1 Å². The van der Waals surface area contributed by atoms with Crippen LogP contribution < -0.4 is 10.1 Å². The number of benzene rings is 1. The van der Waals surface area contributed by atoms with E-state index in [9.17, 15) is 13.6 Å². The molecule has 132 valence electrons. The maximum absolute atomic E-state index is 12.7. The minimum absolute atomic E-state index is 0.00196. The van der Waals surface area contributed by atoms with Crippen molar-refractivity contribution in [2.24, 2.45) is 0 Å². The molecular weight excluding hydrogens is 328 g/mol. The molecule has 1 aromatic heterocycles. The molecule has 3 rings (SSSR count). The van der Waals surface area contributed by atoms with E-state index in [0.29, 0.717) is 13.1 Å². The molecule has 1 amide bonds. The highest BCUT2D eigenvalue weighted by molar-refractivity contribution is 5.79. The largest absolute Gasteiger partial charge is 0.435 e. The van der Waals surface area contributed by atoms with Gasteiger partial charge >= 0.3 is 6.61 Å². The van der Waals surface area contributed by atoms with Crippen molar-refractivity contribution in [1.82, 2.24) is 15.2 Å². The lowest BCUT2D eigenvalue weighted by Crippen LogP contribution is -2.49. The molecule has 1 atom stereocenters. The fraction of sp³-hybridized carbons (Fsp3) is 0.333. The molecule has 1 N–H and O–H groups in total. The Hall–Kier alpha value is -2.54. The van der Waals surface area contributed by atoms with Crippen molar-refractivity contribution in [1.29, 1.82) is 0 Å². The Kier molecular flexibility index (Phi) is 5.55. The second kappa shape index (κ2) is 8.02. The fourth-order valence-electron chi connectivity index (χ4n) is 2.94. The van der Waals surface area contributed by atoms with Gasteiger partial charge in [-0.05, 0) is 29.3 Å². The highest BCUT2D eigenvalue weighted by Gasteiger charge is 2.27. The Morgan fingerprint density at radius 2 is 2.12 bits per heavy atom. The third-order valence-corrected chi connectivity index (χ3v) is 4.14. The summed E-state index contributed by atoms with van der Waals surface area (Å²) in [5.74, 6) is 0.0829. The first-order valence-electron chi connectivity index (χ1n) is 8.07. The van der Waals surface area contributed by atoms with Crippen LogP contribution in [0.3, 0.4) is 0 Å². The summed E-state index contributed by atoms with van der Waals surface area (Å²) in [6, 6.07) is 9.93. The van der Waals surface area contributed by atoms with Crippen molar-refractivity contribution in [3.8, 4) is 5.75 Å². The summed E-state index contributed by atoms with van der Waals surface area (Å²) in [4.78, 5) is 18.7. The van der Waals surface area contributed by atoms with Gasteiger partial charge in [-0.3, -0.25) is 9.78 Å². The molecule has 1 aliphatic rings. The highest BCUT2D eigenvalue weighted by Crippen LogP contribution is 2.23. The van der Waals surface area contributed by atoms with Gasteiger partial charge in [-0.25, -0.2) is 0 Å². The molecule has 1 aromatic carbocycles. The number of alkyl halides is 2. The molecule has 5 nitrogen and oxygen atoms in total. The average molecular weight is 347 g/mol. The zero-order chi connectivity index (χ0) is 17.6. The van der Waals surface area contributed by atoms with Gasteiger partial charge in [0.05, 0.1) is 12.5 Å². The summed E-state index contributed by atoms with van der Waals surface area (Å²) in [5, 5.41) is 3.30. The van der Waals surface area contributed by atoms with Crippen LogP contribution in [0.15, 0.2) is 48.8 Å². The van der Waals surface area contributed by atoms with Crippen molar-refractivity contribution < 1.29 is 18.3 Å². The summed E-state index contributed by atoms with van der Waals surface area (Å²) in [6.45, 7) is -0.818. The van der Waals surface area contributed by atoms with Crippen LogP contribution in [0, 0.1) is 0 Å². The van der Waals surface area contributed by atoms with Gasteiger partial charge in [-0.2, -0.15) is 8.78 Å². The Bertz CT molecular complexity index is 695. The lowest BCUT2D eigenvalue weighted by Gasteiger charge is -2.36. The summed E-state index contributed by atoms with van der Waals surface area (Å²) in [5.41, 5.74) is 1.75. The van der Waals surface area contributed by atoms with E-state index in [2.05, 4.69) is 15.0 Å². The van der Waals surface area contributed by atoms with Crippen molar-refractivity contribution in [3.05, 3.63) is 59.9 Å². The summed E-state index contributed by atoms with van der Waals surface area (Å²) >= 11 is 0. The molecule has 1 aliphatic heterocycles. The Morgan fingerprint density at radius 3 is 2.80 bits per heavy atom. The average Bonchev–Trinajstić information content (AvgIpc) is 2.63. The van der Waals surface area contributed by atoms with Gasteiger partial charge in [0.2, 0.25) is 5.91 Å². The first-order valence-corrected chi connectivity index (χ1v) is 8.07. The first kappa shape index (κ1) is 17.3. The van der Waals surface area contributed by atoms with E-state index in [4.69, 9.17) is 0 Å². The molecule has 1 saturated heterocycles. The van der Waals surface area contributed by atoms with Crippen LogP contribution in [-0.2, 0) is 11.2 Å². The van der Waals surface area contributed by atoms with Gasteiger partial charge in [0.1, 0.15) is 5.75 Å². The Balaban J connectivity index is 1.68. The molecule has 2 heterocycles. The molecule has 25 heavy (non-hydrogen) atoms. The van der Waals surface area contributed by atoms with Gasteiger partial charge in [-0.15, -0.1) is 0 Å². The molecular formula is C18H19F2N3O2. The van der Waals surface area contributed by atoms with Crippen LogP contribution in [0.2, 0.25) is 0 Å². The van der Waals surface area contributed by atoms with Crippen LogP contribution in [0.1, 0.15) is 17.2 Å².